The minimum Gasteiger partial charge on any atom is -0.361 e. The van der Waals surface area contributed by atoms with Gasteiger partial charge in [-0.1, -0.05) is 0 Å². The van der Waals surface area contributed by atoms with Crippen molar-refractivity contribution >= 4 is 0 Å². The Kier molecular flexibility index (Phi) is 4.09. The zero-order chi connectivity index (χ0) is 13.4. The van der Waals surface area contributed by atoms with Crippen molar-refractivity contribution in [2.24, 2.45) is 0 Å². The summed E-state index contributed by atoms with van der Waals surface area (Å²) >= 11 is 0. The first-order chi connectivity index (χ1) is 6.76. The summed E-state index contributed by atoms with van der Waals surface area (Å²) in [6, 6.07) is 0. The number of rotatable bonds is 2. The average molecular weight is 266 g/mol. The largest absolute Gasteiger partial charge is 0.439 e. The van der Waals surface area contributed by atoms with Crippen LogP contribution in [-0.2, 0) is 4.74 Å². The number of hydrogen-bond acceptors (Lipinski definition) is 2. The minimum absolute atomic E-state index is 2.52. The van der Waals surface area contributed by atoms with Crippen LogP contribution in [0.5, 0.6) is 0 Å². The maximum Gasteiger partial charge on any atom is 0.439 e. The zero-order valence-electron chi connectivity index (χ0n) is 6.91. The highest BCUT2D eigenvalue weighted by Gasteiger charge is 2.60. The first-order valence-corrected chi connectivity index (χ1v) is 3.30. The molecule has 0 aromatic rings. The molecule has 0 fully saturated rings. The Labute approximate surface area is 81.6 Å². The summed E-state index contributed by atoms with van der Waals surface area (Å²) in [5.41, 5.74) is 0. The van der Waals surface area contributed by atoms with E-state index in [-0.39, 0.29) is 0 Å². The van der Waals surface area contributed by atoms with Gasteiger partial charge in [-0.05, 0) is 0 Å². The van der Waals surface area contributed by atoms with Crippen LogP contribution in [0.4, 0.5) is 39.5 Å². The van der Waals surface area contributed by atoms with Crippen LogP contribution >= 0.6 is 0 Å². The van der Waals surface area contributed by atoms with Crippen LogP contribution in [0.3, 0.4) is 0 Å². The Balaban J connectivity index is 4.85. The minimum atomic E-state index is -6.11. The SMILES string of the molecule is OC(OC(C(F)(F)F)C(F)(F)F)C(F)(F)F. The molecule has 0 radical (unpaired) electrons. The lowest BCUT2D eigenvalue weighted by Crippen LogP contribution is -2.49. The summed E-state index contributed by atoms with van der Waals surface area (Å²) in [5.74, 6) is 0. The molecule has 0 rings (SSSR count). The van der Waals surface area contributed by atoms with Gasteiger partial charge >= 0.3 is 18.5 Å². The molecule has 0 saturated carbocycles. The van der Waals surface area contributed by atoms with E-state index in [1.54, 1.807) is 0 Å². The van der Waals surface area contributed by atoms with Crippen molar-refractivity contribution in [3.63, 3.8) is 0 Å². The Morgan fingerprint density at radius 1 is 0.688 bits per heavy atom. The van der Waals surface area contributed by atoms with Crippen molar-refractivity contribution in [2.45, 2.75) is 30.9 Å². The molecule has 0 aliphatic carbocycles. The van der Waals surface area contributed by atoms with Crippen LogP contribution in [0.2, 0.25) is 0 Å². The Morgan fingerprint density at radius 2 is 1.00 bits per heavy atom. The smallest absolute Gasteiger partial charge is 0.361 e. The van der Waals surface area contributed by atoms with E-state index in [0.717, 1.165) is 0 Å². The van der Waals surface area contributed by atoms with Crippen molar-refractivity contribution in [3.8, 4) is 0 Å². The number of hydrogen-bond donors (Lipinski definition) is 1. The first kappa shape index (κ1) is 15.3. The fraction of sp³-hybridized carbons (Fsp3) is 1.00. The summed E-state index contributed by atoms with van der Waals surface area (Å²) < 4.78 is 107. The maximum atomic E-state index is 11.6. The molecule has 16 heavy (non-hydrogen) atoms. The molecule has 0 aromatic heterocycles. The van der Waals surface area contributed by atoms with Gasteiger partial charge < -0.3 is 9.84 Å². The highest BCUT2D eigenvalue weighted by molar-refractivity contribution is 4.77. The molecule has 98 valence electrons. The van der Waals surface area contributed by atoms with Crippen molar-refractivity contribution in [3.05, 3.63) is 0 Å². The lowest BCUT2D eigenvalue weighted by Gasteiger charge is -2.26. The predicted octanol–water partition coefficient (Wildman–Crippen LogP) is 2.38. The fourth-order valence-electron chi connectivity index (χ4n) is 0.546. The van der Waals surface area contributed by atoms with Gasteiger partial charge in [0.05, 0.1) is 0 Å². The zero-order valence-corrected chi connectivity index (χ0v) is 6.91. The molecule has 11 heteroatoms. The summed E-state index contributed by atoms with van der Waals surface area (Å²) in [6.45, 7) is 0. The molecular formula is C5H3F9O2. The summed E-state index contributed by atoms with van der Waals surface area (Å²) in [4.78, 5) is 0. The Bertz CT molecular complexity index is 212. The van der Waals surface area contributed by atoms with Crippen molar-refractivity contribution in [1.29, 1.82) is 0 Å². The monoisotopic (exact) mass is 266 g/mol. The number of ether oxygens (including phenoxy) is 1. The molecule has 1 unspecified atom stereocenters. The Morgan fingerprint density at radius 3 is 1.19 bits per heavy atom. The van der Waals surface area contributed by atoms with Crippen LogP contribution in [0.15, 0.2) is 0 Å². The van der Waals surface area contributed by atoms with Crippen LogP contribution < -0.4 is 0 Å². The molecule has 0 aliphatic heterocycles. The molecule has 0 bridgehead atoms. The second-order valence-corrected chi connectivity index (χ2v) is 2.49. The van der Waals surface area contributed by atoms with Gasteiger partial charge in [0.1, 0.15) is 0 Å². The van der Waals surface area contributed by atoms with Gasteiger partial charge in [0.15, 0.2) is 0 Å². The molecule has 0 spiro atoms. The van der Waals surface area contributed by atoms with Crippen molar-refractivity contribution in [1.82, 2.24) is 0 Å². The van der Waals surface area contributed by atoms with Crippen LogP contribution in [0.1, 0.15) is 0 Å². The second-order valence-electron chi connectivity index (χ2n) is 2.49. The number of alkyl halides is 9. The third kappa shape index (κ3) is 4.43. The van der Waals surface area contributed by atoms with E-state index in [4.69, 9.17) is 5.11 Å². The van der Waals surface area contributed by atoms with Gasteiger partial charge in [0.25, 0.3) is 12.4 Å². The quantitative estimate of drug-likeness (QED) is 0.614. The van der Waals surface area contributed by atoms with Crippen LogP contribution in [0, 0.1) is 0 Å². The molecule has 0 saturated heterocycles. The summed E-state index contributed by atoms with van der Waals surface area (Å²) in [6.07, 6.45) is -26.8. The molecular weight excluding hydrogens is 263 g/mol. The van der Waals surface area contributed by atoms with E-state index in [1.807, 2.05) is 0 Å². The highest BCUT2D eigenvalue weighted by Crippen LogP contribution is 2.37. The van der Waals surface area contributed by atoms with E-state index >= 15 is 0 Å². The molecule has 0 heterocycles. The lowest BCUT2D eigenvalue weighted by molar-refractivity contribution is -0.386. The number of aliphatic hydroxyl groups excluding tert-OH is 1. The normalized spacial score (nSPS) is 16.7. The van der Waals surface area contributed by atoms with Crippen LogP contribution in [-0.4, -0.2) is 36.0 Å². The molecule has 0 amide bonds. The van der Waals surface area contributed by atoms with Gasteiger partial charge in [-0.15, -0.1) is 0 Å². The first-order valence-electron chi connectivity index (χ1n) is 3.30. The van der Waals surface area contributed by atoms with Crippen molar-refractivity contribution < 1.29 is 49.4 Å². The van der Waals surface area contributed by atoms with Gasteiger partial charge in [-0.3, -0.25) is 0 Å². The van der Waals surface area contributed by atoms with Gasteiger partial charge in [-0.2, -0.15) is 39.5 Å². The second kappa shape index (κ2) is 4.28. The van der Waals surface area contributed by atoms with E-state index in [9.17, 15) is 39.5 Å². The van der Waals surface area contributed by atoms with E-state index in [0.29, 0.717) is 0 Å². The summed E-state index contributed by atoms with van der Waals surface area (Å²) in [7, 11) is 0. The molecule has 1 N–H and O–H groups in total. The number of halogens is 9. The maximum absolute atomic E-state index is 11.6. The molecule has 0 aliphatic rings. The third-order valence-electron chi connectivity index (χ3n) is 1.14. The molecule has 2 nitrogen and oxygen atoms in total. The topological polar surface area (TPSA) is 29.5 Å². The molecule has 0 aromatic carbocycles. The average Bonchev–Trinajstić information content (AvgIpc) is 1.92. The molecule has 1 atom stereocenters. The number of aliphatic hydroxyl groups is 1. The van der Waals surface area contributed by atoms with Gasteiger partial charge in [-0.25, -0.2) is 0 Å². The summed E-state index contributed by atoms with van der Waals surface area (Å²) in [5, 5.41) is 7.94. The fourth-order valence-corrected chi connectivity index (χ4v) is 0.546. The van der Waals surface area contributed by atoms with Gasteiger partial charge in [0.2, 0.25) is 0 Å². The van der Waals surface area contributed by atoms with Crippen molar-refractivity contribution in [2.75, 3.05) is 0 Å². The predicted molar refractivity (Wildman–Crippen MR) is 29.0 cm³/mol. The van der Waals surface area contributed by atoms with E-state index in [1.165, 1.54) is 0 Å². The van der Waals surface area contributed by atoms with E-state index in [2.05, 4.69) is 4.74 Å². The van der Waals surface area contributed by atoms with Gasteiger partial charge in [0, 0.05) is 0 Å². The Hall–Kier alpha value is -0.710. The van der Waals surface area contributed by atoms with E-state index < -0.39 is 30.9 Å². The van der Waals surface area contributed by atoms with Crippen LogP contribution in [0.25, 0.3) is 0 Å². The third-order valence-corrected chi connectivity index (χ3v) is 1.14. The lowest BCUT2D eigenvalue weighted by atomic mass is 10.3. The highest BCUT2D eigenvalue weighted by atomic mass is 19.4. The standard InChI is InChI=1S/C5H3F9O2/c6-3(7,8)1(4(9,10)11)16-2(15)5(12,13)14/h1-2,15H.